The molecule has 0 aliphatic heterocycles. The van der Waals surface area contributed by atoms with Gasteiger partial charge in [0.15, 0.2) is 17.5 Å². The lowest BCUT2D eigenvalue weighted by Gasteiger charge is -2.10. The van der Waals surface area contributed by atoms with E-state index < -0.39 is 0 Å². The van der Waals surface area contributed by atoms with Crippen molar-refractivity contribution in [2.24, 2.45) is 0 Å². The van der Waals surface area contributed by atoms with Crippen LogP contribution in [0.4, 0.5) is 0 Å². The molecule has 0 radical (unpaired) electrons. The second-order valence-electron chi connectivity index (χ2n) is 7.00. The minimum atomic E-state index is 0.557. The number of rotatable bonds is 6. The Kier molecular flexibility index (Phi) is 5.90. The molecule has 150 valence electrons. The van der Waals surface area contributed by atoms with E-state index in [1.807, 2.05) is 67.7 Å². The first-order valence-corrected chi connectivity index (χ1v) is 9.98. The van der Waals surface area contributed by atoms with Gasteiger partial charge in [-0.3, -0.25) is 4.98 Å². The fourth-order valence-corrected chi connectivity index (χ4v) is 3.19. The summed E-state index contributed by atoms with van der Waals surface area (Å²) in [5, 5.41) is 0. The van der Waals surface area contributed by atoms with Crippen LogP contribution < -0.4 is 0 Å². The Morgan fingerprint density at radius 2 is 1.45 bits per heavy atom. The molecule has 0 atom stereocenters. The smallest absolute Gasteiger partial charge is 0.164 e. The molecule has 0 bridgehead atoms. The standard InChI is InChI=1S/C27H22N4/c1-4-10-20(5-2)25-29-26(21-11-7-6-8-12-21)31-27(30-25)23-14-9-13-22(17-23)24-16-15-19(3)28-18-24/h4-18H,1-2H2,3H3/b20-10+. The molecule has 31 heavy (non-hydrogen) atoms. The summed E-state index contributed by atoms with van der Waals surface area (Å²) in [5.41, 5.74) is 5.70. The van der Waals surface area contributed by atoms with Gasteiger partial charge in [-0.25, -0.2) is 15.0 Å². The van der Waals surface area contributed by atoms with Gasteiger partial charge in [0.25, 0.3) is 0 Å². The average Bonchev–Trinajstić information content (AvgIpc) is 2.83. The molecule has 0 aliphatic carbocycles. The molecular formula is C27H22N4. The first kappa shape index (κ1) is 20.1. The summed E-state index contributed by atoms with van der Waals surface area (Å²) < 4.78 is 0. The van der Waals surface area contributed by atoms with Crippen molar-refractivity contribution in [1.82, 2.24) is 19.9 Å². The molecule has 0 amide bonds. The van der Waals surface area contributed by atoms with Crippen molar-refractivity contribution in [3.63, 3.8) is 0 Å². The van der Waals surface area contributed by atoms with Gasteiger partial charge < -0.3 is 0 Å². The van der Waals surface area contributed by atoms with Gasteiger partial charge in [-0.1, -0.05) is 86.0 Å². The Hall–Kier alpha value is -4.18. The van der Waals surface area contributed by atoms with Crippen molar-refractivity contribution in [2.75, 3.05) is 0 Å². The van der Waals surface area contributed by atoms with Gasteiger partial charge in [-0.05, 0) is 24.6 Å². The summed E-state index contributed by atoms with van der Waals surface area (Å²) in [6, 6.07) is 22.1. The van der Waals surface area contributed by atoms with E-state index in [1.54, 1.807) is 12.2 Å². The highest BCUT2D eigenvalue weighted by molar-refractivity contribution is 5.74. The topological polar surface area (TPSA) is 51.6 Å². The highest BCUT2D eigenvalue weighted by Crippen LogP contribution is 2.27. The van der Waals surface area contributed by atoms with Crippen LogP contribution in [0.5, 0.6) is 0 Å². The molecule has 4 rings (SSSR count). The molecule has 0 unspecified atom stereocenters. The summed E-state index contributed by atoms with van der Waals surface area (Å²) in [4.78, 5) is 18.6. The Labute approximate surface area is 182 Å². The van der Waals surface area contributed by atoms with Gasteiger partial charge >= 0.3 is 0 Å². The van der Waals surface area contributed by atoms with Crippen LogP contribution in [0.2, 0.25) is 0 Å². The molecule has 2 aromatic heterocycles. The second-order valence-corrected chi connectivity index (χ2v) is 7.00. The van der Waals surface area contributed by atoms with Crippen LogP contribution in [-0.2, 0) is 0 Å². The zero-order valence-corrected chi connectivity index (χ0v) is 17.4. The van der Waals surface area contributed by atoms with Gasteiger partial charge in [-0.2, -0.15) is 0 Å². The number of allylic oxidation sites excluding steroid dienone is 4. The van der Waals surface area contributed by atoms with E-state index in [0.29, 0.717) is 17.5 Å². The van der Waals surface area contributed by atoms with Crippen LogP contribution in [0, 0.1) is 6.92 Å². The normalized spacial score (nSPS) is 11.2. The zero-order chi connectivity index (χ0) is 21.6. The van der Waals surface area contributed by atoms with Crippen molar-refractivity contribution >= 4 is 5.57 Å². The number of hydrogen-bond acceptors (Lipinski definition) is 4. The number of aromatic nitrogens is 4. The van der Waals surface area contributed by atoms with E-state index in [0.717, 1.165) is 33.5 Å². The van der Waals surface area contributed by atoms with Gasteiger partial charge in [0.1, 0.15) is 0 Å². The quantitative estimate of drug-likeness (QED) is 0.354. The number of pyridine rings is 1. The number of hydrogen-bond donors (Lipinski definition) is 0. The molecule has 0 N–H and O–H groups in total. The maximum atomic E-state index is 4.77. The zero-order valence-electron chi connectivity index (χ0n) is 17.4. The lowest BCUT2D eigenvalue weighted by Crippen LogP contribution is -2.02. The van der Waals surface area contributed by atoms with Crippen LogP contribution in [0.1, 0.15) is 11.5 Å². The largest absolute Gasteiger partial charge is 0.261 e. The van der Waals surface area contributed by atoms with Crippen molar-refractivity contribution in [1.29, 1.82) is 0 Å². The van der Waals surface area contributed by atoms with Crippen molar-refractivity contribution in [3.8, 4) is 33.9 Å². The predicted molar refractivity (Wildman–Crippen MR) is 127 cm³/mol. The molecule has 0 saturated heterocycles. The van der Waals surface area contributed by atoms with E-state index in [2.05, 4.69) is 41.3 Å². The van der Waals surface area contributed by atoms with Crippen molar-refractivity contribution in [2.45, 2.75) is 6.92 Å². The summed E-state index contributed by atoms with van der Waals surface area (Å²) in [5.74, 6) is 1.77. The molecule has 0 aliphatic rings. The van der Waals surface area contributed by atoms with Crippen LogP contribution in [0.3, 0.4) is 0 Å². The summed E-state index contributed by atoms with van der Waals surface area (Å²) >= 11 is 0. The second kappa shape index (κ2) is 9.09. The molecule has 2 aromatic carbocycles. The van der Waals surface area contributed by atoms with Crippen molar-refractivity contribution in [3.05, 3.63) is 116 Å². The lowest BCUT2D eigenvalue weighted by molar-refractivity contribution is 1.04. The Morgan fingerprint density at radius 1 is 0.742 bits per heavy atom. The van der Waals surface area contributed by atoms with Crippen LogP contribution in [0.15, 0.2) is 104 Å². The Balaban J connectivity index is 1.87. The molecule has 2 heterocycles. The minimum Gasteiger partial charge on any atom is -0.261 e. The number of benzene rings is 2. The fourth-order valence-electron chi connectivity index (χ4n) is 3.19. The highest BCUT2D eigenvalue weighted by atomic mass is 15.0. The lowest BCUT2D eigenvalue weighted by atomic mass is 10.0. The van der Waals surface area contributed by atoms with Gasteiger partial charge in [0, 0.05) is 34.2 Å². The first-order chi connectivity index (χ1) is 15.2. The maximum absolute atomic E-state index is 4.77. The molecule has 0 saturated carbocycles. The van der Waals surface area contributed by atoms with Gasteiger partial charge in [-0.15, -0.1) is 0 Å². The predicted octanol–water partition coefficient (Wildman–Crippen LogP) is 6.33. The van der Waals surface area contributed by atoms with Gasteiger partial charge in [0.05, 0.1) is 0 Å². The third kappa shape index (κ3) is 4.54. The van der Waals surface area contributed by atoms with Crippen molar-refractivity contribution < 1.29 is 0 Å². The number of nitrogens with zero attached hydrogens (tertiary/aromatic N) is 4. The minimum absolute atomic E-state index is 0.557. The SMILES string of the molecule is C=C/C=C(\C=C)c1nc(-c2ccccc2)nc(-c2cccc(-c3ccc(C)nc3)c2)n1. The monoisotopic (exact) mass is 402 g/mol. The Bertz CT molecular complexity index is 1260. The third-order valence-corrected chi connectivity index (χ3v) is 4.81. The van der Waals surface area contributed by atoms with E-state index in [4.69, 9.17) is 9.97 Å². The summed E-state index contributed by atoms with van der Waals surface area (Å²) in [6.45, 7) is 9.66. The third-order valence-electron chi connectivity index (χ3n) is 4.81. The van der Waals surface area contributed by atoms with Gasteiger partial charge in [0.2, 0.25) is 0 Å². The van der Waals surface area contributed by atoms with E-state index >= 15 is 0 Å². The average molecular weight is 403 g/mol. The molecule has 4 nitrogen and oxygen atoms in total. The summed E-state index contributed by atoms with van der Waals surface area (Å²) in [7, 11) is 0. The number of aryl methyl sites for hydroxylation is 1. The van der Waals surface area contributed by atoms with E-state index in [-0.39, 0.29) is 0 Å². The highest BCUT2D eigenvalue weighted by Gasteiger charge is 2.13. The van der Waals surface area contributed by atoms with Crippen LogP contribution in [-0.4, -0.2) is 19.9 Å². The first-order valence-electron chi connectivity index (χ1n) is 9.98. The van der Waals surface area contributed by atoms with E-state index in [9.17, 15) is 0 Å². The molecule has 0 fully saturated rings. The summed E-state index contributed by atoms with van der Waals surface area (Å²) in [6.07, 6.45) is 7.15. The van der Waals surface area contributed by atoms with E-state index in [1.165, 1.54) is 0 Å². The molecule has 4 aromatic rings. The van der Waals surface area contributed by atoms with Crippen LogP contribution in [0.25, 0.3) is 39.5 Å². The molecule has 4 heteroatoms. The maximum Gasteiger partial charge on any atom is 0.164 e. The molecular weight excluding hydrogens is 380 g/mol. The van der Waals surface area contributed by atoms with Crippen LogP contribution >= 0.6 is 0 Å². The Morgan fingerprint density at radius 3 is 2.13 bits per heavy atom. The molecule has 0 spiro atoms. The fraction of sp³-hybridized carbons (Fsp3) is 0.0370.